The first-order valence-corrected chi connectivity index (χ1v) is 8.60. The van der Waals surface area contributed by atoms with Gasteiger partial charge in [-0.2, -0.15) is 5.10 Å². The number of rotatable bonds is 4. The van der Waals surface area contributed by atoms with Crippen molar-refractivity contribution in [3.05, 3.63) is 11.5 Å². The zero-order valence-corrected chi connectivity index (χ0v) is 14.2. The minimum absolute atomic E-state index is 0.470. The Morgan fingerprint density at radius 1 is 1.29 bits per heavy atom. The van der Waals surface area contributed by atoms with Crippen molar-refractivity contribution >= 4 is 22.8 Å². The van der Waals surface area contributed by atoms with Crippen molar-refractivity contribution in [1.82, 2.24) is 19.3 Å². The Balaban J connectivity index is 2.16. The van der Waals surface area contributed by atoms with Gasteiger partial charge in [0.05, 0.1) is 11.6 Å². The van der Waals surface area contributed by atoms with Gasteiger partial charge in [0.15, 0.2) is 5.65 Å². The number of halogens is 1. The van der Waals surface area contributed by atoms with Crippen LogP contribution < -0.4 is 0 Å². The third kappa shape index (κ3) is 2.28. The van der Waals surface area contributed by atoms with E-state index in [4.69, 9.17) is 16.6 Å². The van der Waals surface area contributed by atoms with Crippen molar-refractivity contribution in [3.8, 4) is 0 Å². The van der Waals surface area contributed by atoms with Gasteiger partial charge < -0.3 is 4.57 Å². The van der Waals surface area contributed by atoms with Crippen LogP contribution in [0.2, 0.25) is 0 Å². The van der Waals surface area contributed by atoms with E-state index in [2.05, 4.69) is 30.4 Å². The van der Waals surface area contributed by atoms with Gasteiger partial charge >= 0.3 is 0 Å². The first-order valence-electron chi connectivity index (χ1n) is 8.07. The molecule has 1 fully saturated rings. The number of fused-ring (bicyclic) bond motifs is 1. The second kappa shape index (κ2) is 5.64. The molecule has 0 radical (unpaired) electrons. The molecule has 21 heavy (non-hydrogen) atoms. The Morgan fingerprint density at radius 3 is 2.62 bits per heavy atom. The number of alkyl halides is 1. The van der Waals surface area contributed by atoms with E-state index < -0.39 is 0 Å². The van der Waals surface area contributed by atoms with Gasteiger partial charge in [-0.1, -0.05) is 27.2 Å². The molecule has 0 N–H and O–H groups in total. The van der Waals surface area contributed by atoms with Crippen LogP contribution in [0.25, 0.3) is 11.2 Å². The summed E-state index contributed by atoms with van der Waals surface area (Å²) in [7, 11) is 2.03. The molecule has 4 nitrogen and oxygen atoms in total. The zero-order valence-electron chi connectivity index (χ0n) is 13.4. The van der Waals surface area contributed by atoms with Crippen LogP contribution in [0.3, 0.4) is 0 Å². The Bertz CT molecular complexity index is 642. The maximum atomic E-state index is 6.19. The van der Waals surface area contributed by atoms with Crippen molar-refractivity contribution in [2.45, 2.75) is 58.4 Å². The van der Waals surface area contributed by atoms with Crippen molar-refractivity contribution in [2.24, 2.45) is 18.9 Å². The molecule has 116 valence electrons. The number of hydrogen-bond donors (Lipinski definition) is 0. The molecule has 5 heteroatoms. The molecule has 0 spiro atoms. The van der Waals surface area contributed by atoms with Crippen LogP contribution in [0.1, 0.15) is 57.6 Å². The zero-order chi connectivity index (χ0) is 15.1. The molecule has 1 saturated carbocycles. The molecule has 0 bridgehead atoms. The Kier molecular flexibility index (Phi) is 4.00. The highest BCUT2D eigenvalue weighted by atomic mass is 35.5. The first-order chi connectivity index (χ1) is 10.1. The lowest BCUT2D eigenvalue weighted by Crippen LogP contribution is -2.18. The molecule has 1 aliphatic rings. The van der Waals surface area contributed by atoms with Gasteiger partial charge in [-0.15, -0.1) is 11.6 Å². The van der Waals surface area contributed by atoms with E-state index in [1.54, 1.807) is 0 Å². The lowest BCUT2D eigenvalue weighted by Gasteiger charge is -2.22. The van der Waals surface area contributed by atoms with E-state index in [-0.39, 0.29) is 0 Å². The quantitative estimate of drug-likeness (QED) is 0.798. The van der Waals surface area contributed by atoms with Crippen LogP contribution >= 0.6 is 11.6 Å². The van der Waals surface area contributed by atoms with Gasteiger partial charge in [0, 0.05) is 13.1 Å². The predicted octanol–water partition coefficient (Wildman–Crippen LogP) is 4.07. The SMILES string of the molecule is CCCc1nn(C)c2c1nc(CCl)n2C1CCC(C)C1C. The molecule has 2 heterocycles. The van der Waals surface area contributed by atoms with Crippen molar-refractivity contribution in [2.75, 3.05) is 0 Å². The van der Waals surface area contributed by atoms with E-state index in [0.29, 0.717) is 17.8 Å². The lowest BCUT2D eigenvalue weighted by atomic mass is 9.97. The Morgan fingerprint density at radius 2 is 2.05 bits per heavy atom. The van der Waals surface area contributed by atoms with E-state index in [1.807, 2.05) is 11.7 Å². The summed E-state index contributed by atoms with van der Waals surface area (Å²) in [4.78, 5) is 4.82. The predicted molar refractivity (Wildman–Crippen MR) is 86.7 cm³/mol. The van der Waals surface area contributed by atoms with Gasteiger partial charge in [-0.05, 0) is 31.1 Å². The van der Waals surface area contributed by atoms with E-state index in [9.17, 15) is 0 Å². The second-order valence-corrected chi connectivity index (χ2v) is 6.77. The summed E-state index contributed by atoms with van der Waals surface area (Å²) >= 11 is 6.19. The van der Waals surface area contributed by atoms with Crippen LogP contribution in [0.5, 0.6) is 0 Å². The van der Waals surface area contributed by atoms with Gasteiger partial charge in [-0.25, -0.2) is 4.98 Å². The maximum Gasteiger partial charge on any atom is 0.158 e. The average molecular weight is 309 g/mol. The fraction of sp³-hybridized carbons (Fsp3) is 0.750. The summed E-state index contributed by atoms with van der Waals surface area (Å²) in [5, 5.41) is 4.68. The molecule has 3 atom stereocenters. The molecule has 0 aliphatic heterocycles. The number of imidazole rings is 1. The smallest absolute Gasteiger partial charge is 0.158 e. The lowest BCUT2D eigenvalue weighted by molar-refractivity contribution is 0.351. The van der Waals surface area contributed by atoms with Gasteiger partial charge in [0.1, 0.15) is 11.3 Å². The van der Waals surface area contributed by atoms with Crippen molar-refractivity contribution < 1.29 is 0 Å². The minimum Gasteiger partial charge on any atom is -0.308 e. The summed E-state index contributed by atoms with van der Waals surface area (Å²) in [5.41, 5.74) is 3.32. The number of hydrogen-bond acceptors (Lipinski definition) is 2. The van der Waals surface area contributed by atoms with Gasteiger partial charge in [-0.3, -0.25) is 4.68 Å². The molecule has 1 aliphatic carbocycles. The topological polar surface area (TPSA) is 35.6 Å². The summed E-state index contributed by atoms with van der Waals surface area (Å²) < 4.78 is 4.38. The molecule has 2 aromatic heterocycles. The van der Waals surface area contributed by atoms with E-state index in [1.165, 1.54) is 12.8 Å². The van der Waals surface area contributed by atoms with E-state index >= 15 is 0 Å². The monoisotopic (exact) mass is 308 g/mol. The molecule has 0 aromatic carbocycles. The second-order valence-electron chi connectivity index (χ2n) is 6.51. The summed E-state index contributed by atoms with van der Waals surface area (Å²) in [5.74, 6) is 2.90. The van der Waals surface area contributed by atoms with Crippen LogP contribution in [0.4, 0.5) is 0 Å². The fourth-order valence-corrected chi connectivity index (χ4v) is 3.99. The minimum atomic E-state index is 0.470. The highest BCUT2D eigenvalue weighted by Crippen LogP contribution is 2.42. The highest BCUT2D eigenvalue weighted by Gasteiger charge is 2.34. The molecular weight excluding hydrogens is 284 g/mol. The average Bonchev–Trinajstić information content (AvgIpc) is 3.08. The fourth-order valence-electron chi connectivity index (χ4n) is 3.80. The molecule has 3 rings (SSSR count). The number of nitrogens with zero attached hydrogens (tertiary/aromatic N) is 4. The summed E-state index contributed by atoms with van der Waals surface area (Å²) in [6.45, 7) is 6.89. The maximum absolute atomic E-state index is 6.19. The Hall–Kier alpha value is -1.03. The van der Waals surface area contributed by atoms with Gasteiger partial charge in [0.25, 0.3) is 0 Å². The summed E-state index contributed by atoms with van der Waals surface area (Å²) in [6, 6.07) is 0.503. The third-order valence-electron chi connectivity index (χ3n) is 5.17. The normalized spacial score (nSPS) is 26.0. The van der Waals surface area contributed by atoms with Crippen molar-refractivity contribution in [1.29, 1.82) is 0 Å². The largest absolute Gasteiger partial charge is 0.308 e. The first kappa shape index (κ1) is 14.9. The van der Waals surface area contributed by atoms with Gasteiger partial charge in [0.2, 0.25) is 0 Å². The molecule has 2 aromatic rings. The van der Waals surface area contributed by atoms with Crippen LogP contribution in [-0.2, 0) is 19.3 Å². The molecule has 3 unspecified atom stereocenters. The number of aryl methyl sites for hydroxylation is 2. The Labute approximate surface area is 131 Å². The summed E-state index contributed by atoms with van der Waals surface area (Å²) in [6.07, 6.45) is 4.57. The third-order valence-corrected chi connectivity index (χ3v) is 5.41. The van der Waals surface area contributed by atoms with Crippen LogP contribution in [0, 0.1) is 11.8 Å². The number of aromatic nitrogens is 4. The highest BCUT2D eigenvalue weighted by molar-refractivity contribution is 6.16. The molecule has 0 amide bonds. The van der Waals surface area contributed by atoms with E-state index in [0.717, 1.165) is 41.4 Å². The molecular formula is C16H25ClN4. The molecule has 0 saturated heterocycles. The van der Waals surface area contributed by atoms with Crippen molar-refractivity contribution in [3.63, 3.8) is 0 Å². The van der Waals surface area contributed by atoms with Crippen LogP contribution in [0.15, 0.2) is 0 Å². The standard InChI is InChI=1S/C16H25ClN4/c1-5-6-12-15-16(20(4)19-12)21(14(9-17)18-15)13-8-7-10(2)11(13)3/h10-11,13H,5-9H2,1-4H3. The van der Waals surface area contributed by atoms with Crippen LogP contribution in [-0.4, -0.2) is 19.3 Å².